The predicted molar refractivity (Wildman–Crippen MR) is 91.0 cm³/mol. The molecule has 3 nitrogen and oxygen atoms in total. The first kappa shape index (κ1) is 14.7. The van der Waals surface area contributed by atoms with Gasteiger partial charge in [-0.1, -0.05) is 41.9 Å². The summed E-state index contributed by atoms with van der Waals surface area (Å²) in [4.78, 5) is 12.0. The molecule has 0 aliphatic heterocycles. The number of carbonyl (C=O) groups is 1. The molecule has 0 spiro atoms. The number of nitrogens with one attached hydrogen (secondary N) is 1. The van der Waals surface area contributed by atoms with Crippen molar-refractivity contribution in [3.05, 3.63) is 70.9 Å². The van der Waals surface area contributed by atoms with Crippen molar-refractivity contribution >= 4 is 28.8 Å². The molecular formula is C18H17ClN2O. The summed E-state index contributed by atoms with van der Waals surface area (Å²) in [5.74, 6) is 0.338. The predicted octanol–water partition coefficient (Wildman–Crippen LogP) is 4.36. The zero-order valence-electron chi connectivity index (χ0n) is 12.1. The van der Waals surface area contributed by atoms with Gasteiger partial charge in [0.25, 0.3) is 0 Å². The number of halogens is 1. The maximum Gasteiger partial charge on any atom is 0.158 e. The van der Waals surface area contributed by atoms with E-state index in [1.54, 1.807) is 18.2 Å². The average Bonchev–Trinajstić information content (AvgIpc) is 2.50. The van der Waals surface area contributed by atoms with Crippen LogP contribution >= 0.6 is 11.6 Å². The zero-order chi connectivity index (χ0) is 15.5. The van der Waals surface area contributed by atoms with E-state index in [0.29, 0.717) is 17.1 Å². The molecule has 112 valence electrons. The Morgan fingerprint density at radius 1 is 1.09 bits per heavy atom. The highest BCUT2D eigenvalue weighted by Gasteiger charge is 2.22. The lowest BCUT2D eigenvalue weighted by Crippen LogP contribution is -2.17. The summed E-state index contributed by atoms with van der Waals surface area (Å²) < 4.78 is 0. The number of ketones is 1. The number of allylic oxidation sites excluding steroid dienone is 2. The minimum Gasteiger partial charge on any atom is -0.397 e. The Morgan fingerprint density at radius 2 is 1.86 bits per heavy atom. The molecule has 3 rings (SSSR count). The Kier molecular flexibility index (Phi) is 4.16. The number of hydrogen-bond acceptors (Lipinski definition) is 3. The number of anilines is 2. The van der Waals surface area contributed by atoms with Gasteiger partial charge in [-0.25, -0.2) is 0 Å². The van der Waals surface area contributed by atoms with Crippen molar-refractivity contribution in [2.45, 2.75) is 18.8 Å². The largest absolute Gasteiger partial charge is 0.397 e. The van der Waals surface area contributed by atoms with Crippen molar-refractivity contribution in [3.8, 4) is 0 Å². The molecule has 1 aliphatic carbocycles. The fourth-order valence-corrected chi connectivity index (χ4v) is 2.94. The molecule has 0 unspecified atom stereocenters. The monoisotopic (exact) mass is 312 g/mol. The summed E-state index contributed by atoms with van der Waals surface area (Å²) in [6.45, 7) is 0. The normalized spacial score (nSPS) is 18.0. The summed E-state index contributed by atoms with van der Waals surface area (Å²) >= 11 is 5.91. The van der Waals surface area contributed by atoms with Crippen LogP contribution in [0.25, 0.3) is 0 Å². The van der Waals surface area contributed by atoms with Crippen molar-refractivity contribution < 1.29 is 4.79 Å². The quantitative estimate of drug-likeness (QED) is 0.828. The minimum atomic E-state index is 0.134. The van der Waals surface area contributed by atoms with Crippen LogP contribution in [0, 0.1) is 0 Å². The van der Waals surface area contributed by atoms with E-state index in [-0.39, 0.29) is 11.7 Å². The Labute approximate surface area is 134 Å². The lowest BCUT2D eigenvalue weighted by molar-refractivity contribution is -0.115. The van der Waals surface area contributed by atoms with Gasteiger partial charge >= 0.3 is 0 Å². The van der Waals surface area contributed by atoms with Crippen molar-refractivity contribution in [1.29, 1.82) is 0 Å². The first-order valence-corrected chi connectivity index (χ1v) is 7.60. The van der Waals surface area contributed by atoms with Gasteiger partial charge in [-0.05, 0) is 36.1 Å². The van der Waals surface area contributed by atoms with Crippen LogP contribution < -0.4 is 11.1 Å². The Bertz CT molecular complexity index is 725. The van der Waals surface area contributed by atoms with E-state index in [4.69, 9.17) is 17.3 Å². The van der Waals surface area contributed by atoms with E-state index in [1.165, 1.54) is 5.56 Å². The SMILES string of the molecule is Nc1cc(Cl)ccc1NC1=CC(=O)C[C@@H](c2ccccc2)C1. The molecule has 0 saturated heterocycles. The van der Waals surface area contributed by atoms with E-state index in [2.05, 4.69) is 17.4 Å². The number of nitrogens with two attached hydrogens (primary N) is 1. The van der Waals surface area contributed by atoms with Gasteiger partial charge in [-0.2, -0.15) is 0 Å². The van der Waals surface area contributed by atoms with E-state index in [9.17, 15) is 4.79 Å². The summed E-state index contributed by atoms with van der Waals surface area (Å²) in [7, 11) is 0. The number of benzene rings is 2. The number of nitrogen functional groups attached to an aromatic ring is 1. The van der Waals surface area contributed by atoms with Gasteiger partial charge in [0.1, 0.15) is 0 Å². The summed E-state index contributed by atoms with van der Waals surface area (Å²) in [6.07, 6.45) is 3.01. The molecule has 0 aromatic heterocycles. The van der Waals surface area contributed by atoms with Gasteiger partial charge in [0.2, 0.25) is 0 Å². The molecule has 1 atom stereocenters. The summed E-state index contributed by atoms with van der Waals surface area (Å²) in [6, 6.07) is 15.4. The van der Waals surface area contributed by atoms with Gasteiger partial charge in [0, 0.05) is 23.2 Å². The van der Waals surface area contributed by atoms with Gasteiger partial charge < -0.3 is 11.1 Å². The highest BCUT2D eigenvalue weighted by Crippen LogP contribution is 2.33. The average molecular weight is 313 g/mol. The third-order valence-electron chi connectivity index (χ3n) is 3.83. The molecule has 2 aromatic carbocycles. The molecule has 0 radical (unpaired) electrons. The Balaban J connectivity index is 1.80. The van der Waals surface area contributed by atoms with Gasteiger partial charge in [0.15, 0.2) is 5.78 Å². The van der Waals surface area contributed by atoms with Gasteiger partial charge in [-0.15, -0.1) is 0 Å². The van der Waals surface area contributed by atoms with Crippen LogP contribution in [0.2, 0.25) is 5.02 Å². The standard InChI is InChI=1S/C18H17ClN2O/c19-14-6-7-18(17(20)10-14)21-15-8-13(9-16(22)11-15)12-4-2-1-3-5-12/h1-7,10-11,13,21H,8-9,20H2/t13-/m0/s1. The molecule has 0 amide bonds. The van der Waals surface area contributed by atoms with E-state index in [1.807, 2.05) is 24.3 Å². The van der Waals surface area contributed by atoms with Crippen LogP contribution in [0.3, 0.4) is 0 Å². The second-order valence-electron chi connectivity index (χ2n) is 5.51. The number of rotatable bonds is 3. The lowest BCUT2D eigenvalue weighted by Gasteiger charge is -2.24. The second kappa shape index (κ2) is 6.24. The first-order chi connectivity index (χ1) is 10.6. The molecule has 22 heavy (non-hydrogen) atoms. The molecule has 1 aliphatic rings. The van der Waals surface area contributed by atoms with E-state index < -0.39 is 0 Å². The fourth-order valence-electron chi connectivity index (χ4n) is 2.76. The van der Waals surface area contributed by atoms with Crippen LogP contribution in [0.5, 0.6) is 0 Å². The van der Waals surface area contributed by atoms with Gasteiger partial charge in [-0.3, -0.25) is 4.79 Å². The molecule has 3 N–H and O–H groups in total. The molecule has 0 saturated carbocycles. The maximum atomic E-state index is 12.0. The molecule has 0 heterocycles. The molecule has 2 aromatic rings. The third-order valence-corrected chi connectivity index (χ3v) is 4.06. The van der Waals surface area contributed by atoms with E-state index >= 15 is 0 Å². The van der Waals surface area contributed by atoms with Crippen LogP contribution in [0.15, 0.2) is 60.3 Å². The van der Waals surface area contributed by atoms with Crippen LogP contribution in [-0.2, 0) is 4.79 Å². The topological polar surface area (TPSA) is 55.1 Å². The van der Waals surface area contributed by atoms with Crippen molar-refractivity contribution in [1.82, 2.24) is 0 Å². The lowest BCUT2D eigenvalue weighted by atomic mass is 9.85. The minimum absolute atomic E-state index is 0.134. The van der Waals surface area contributed by atoms with Crippen molar-refractivity contribution in [2.24, 2.45) is 0 Å². The zero-order valence-corrected chi connectivity index (χ0v) is 12.8. The van der Waals surface area contributed by atoms with Crippen molar-refractivity contribution in [2.75, 3.05) is 11.1 Å². The van der Waals surface area contributed by atoms with Crippen LogP contribution in [-0.4, -0.2) is 5.78 Å². The number of hydrogen-bond donors (Lipinski definition) is 2. The second-order valence-corrected chi connectivity index (χ2v) is 5.94. The first-order valence-electron chi connectivity index (χ1n) is 7.22. The summed E-state index contributed by atoms with van der Waals surface area (Å²) in [5.41, 5.74) is 9.38. The molecular weight excluding hydrogens is 296 g/mol. The maximum absolute atomic E-state index is 12.0. The van der Waals surface area contributed by atoms with E-state index in [0.717, 1.165) is 17.8 Å². The van der Waals surface area contributed by atoms with Gasteiger partial charge in [0.05, 0.1) is 11.4 Å². The summed E-state index contributed by atoms with van der Waals surface area (Å²) in [5, 5.41) is 3.86. The fraction of sp³-hybridized carbons (Fsp3) is 0.167. The molecule has 0 fully saturated rings. The smallest absolute Gasteiger partial charge is 0.158 e. The Morgan fingerprint density at radius 3 is 2.59 bits per heavy atom. The Hall–Kier alpha value is -2.26. The number of carbonyl (C=O) groups excluding carboxylic acids is 1. The third kappa shape index (κ3) is 3.31. The molecule has 4 heteroatoms. The van der Waals surface area contributed by atoms with Crippen LogP contribution in [0.1, 0.15) is 24.3 Å². The highest BCUT2D eigenvalue weighted by atomic mass is 35.5. The highest BCUT2D eigenvalue weighted by molar-refractivity contribution is 6.31. The van der Waals surface area contributed by atoms with Crippen molar-refractivity contribution in [3.63, 3.8) is 0 Å². The molecule has 0 bridgehead atoms. The van der Waals surface area contributed by atoms with Crippen LogP contribution in [0.4, 0.5) is 11.4 Å².